The van der Waals surface area contributed by atoms with Crippen molar-refractivity contribution < 1.29 is 14.4 Å². The maximum Gasteiger partial charge on any atom is 0.272 e. The molecule has 1 aliphatic heterocycles. The lowest BCUT2D eigenvalue weighted by Crippen LogP contribution is -2.49. The number of hydrogen-bond donors (Lipinski definition) is 1. The first-order valence-corrected chi connectivity index (χ1v) is 10.5. The second-order valence-electron chi connectivity index (χ2n) is 7.12. The van der Waals surface area contributed by atoms with Gasteiger partial charge in [0.15, 0.2) is 0 Å². The molecule has 162 valence electrons. The Hall–Kier alpha value is -3.42. The van der Waals surface area contributed by atoms with Gasteiger partial charge in [-0.05, 0) is 54.6 Å². The SMILES string of the molecule is O=C1CN(C(=O)c2ccc(C(=O)N(Cl)c3ccc(Cl)c(-c4ccccn4)c3)cc2)CCN1. The zero-order valence-corrected chi connectivity index (χ0v) is 18.3. The van der Waals surface area contributed by atoms with Crippen LogP contribution >= 0.6 is 23.4 Å². The normalized spacial score (nSPS) is 13.4. The van der Waals surface area contributed by atoms with Gasteiger partial charge in [-0.2, -0.15) is 0 Å². The van der Waals surface area contributed by atoms with Crippen molar-refractivity contribution in [2.24, 2.45) is 0 Å². The van der Waals surface area contributed by atoms with E-state index >= 15 is 0 Å². The molecule has 0 atom stereocenters. The van der Waals surface area contributed by atoms with Gasteiger partial charge in [-0.3, -0.25) is 19.4 Å². The van der Waals surface area contributed by atoms with Crippen LogP contribution in [0.5, 0.6) is 0 Å². The van der Waals surface area contributed by atoms with Crippen LogP contribution in [0, 0.1) is 0 Å². The zero-order valence-electron chi connectivity index (χ0n) is 16.8. The first-order chi connectivity index (χ1) is 15.4. The fourth-order valence-corrected chi connectivity index (χ4v) is 3.75. The van der Waals surface area contributed by atoms with E-state index < -0.39 is 5.91 Å². The quantitative estimate of drug-likeness (QED) is 0.590. The van der Waals surface area contributed by atoms with Crippen LogP contribution in [0.2, 0.25) is 5.02 Å². The molecule has 1 aliphatic rings. The summed E-state index contributed by atoms with van der Waals surface area (Å²) in [5.74, 6) is -0.918. The predicted molar refractivity (Wildman–Crippen MR) is 123 cm³/mol. The Morgan fingerprint density at radius 1 is 1.03 bits per heavy atom. The Morgan fingerprint density at radius 2 is 1.78 bits per heavy atom. The predicted octanol–water partition coefficient (Wildman–Crippen LogP) is 3.77. The number of carbonyl (C=O) groups is 3. The summed E-state index contributed by atoms with van der Waals surface area (Å²) in [6.45, 7) is 0.879. The maximum atomic E-state index is 12.9. The first-order valence-electron chi connectivity index (χ1n) is 9.81. The van der Waals surface area contributed by atoms with Crippen LogP contribution in [0.4, 0.5) is 5.69 Å². The Kier molecular flexibility index (Phi) is 6.39. The molecule has 1 N–H and O–H groups in total. The molecule has 0 spiro atoms. The molecular weight excluding hydrogens is 451 g/mol. The van der Waals surface area contributed by atoms with E-state index in [0.29, 0.717) is 46.2 Å². The minimum absolute atomic E-state index is 0.0180. The van der Waals surface area contributed by atoms with E-state index in [2.05, 4.69) is 10.3 Å². The van der Waals surface area contributed by atoms with Crippen molar-refractivity contribution in [2.75, 3.05) is 24.1 Å². The first kappa shape index (κ1) is 21.8. The van der Waals surface area contributed by atoms with Gasteiger partial charge in [0.25, 0.3) is 11.8 Å². The van der Waals surface area contributed by atoms with E-state index in [1.54, 1.807) is 42.6 Å². The standard InChI is InChI=1S/C23H18Cl2N4O3/c24-19-9-8-17(13-18(19)20-3-1-2-10-26-20)29(25)23(32)16-6-4-15(5-7-16)22(31)28-12-11-27-21(30)14-28/h1-10,13H,11-12,14H2,(H,27,30). The molecule has 2 heterocycles. The molecule has 7 nitrogen and oxygen atoms in total. The molecule has 0 radical (unpaired) electrons. The van der Waals surface area contributed by atoms with Gasteiger partial charge in [0, 0.05) is 47.8 Å². The summed E-state index contributed by atoms with van der Waals surface area (Å²) in [4.78, 5) is 42.8. The molecule has 1 aromatic heterocycles. The van der Waals surface area contributed by atoms with E-state index in [-0.39, 0.29) is 18.4 Å². The van der Waals surface area contributed by atoms with Crippen LogP contribution in [0.25, 0.3) is 11.3 Å². The topological polar surface area (TPSA) is 82.6 Å². The number of aromatic nitrogens is 1. The summed E-state index contributed by atoms with van der Waals surface area (Å²) in [7, 11) is 0. The Morgan fingerprint density at radius 3 is 2.47 bits per heavy atom. The lowest BCUT2D eigenvalue weighted by atomic mass is 10.1. The summed E-state index contributed by atoms with van der Waals surface area (Å²) in [6, 6.07) is 16.6. The molecule has 0 bridgehead atoms. The largest absolute Gasteiger partial charge is 0.353 e. The fraction of sp³-hybridized carbons (Fsp3) is 0.130. The Labute approximate surface area is 194 Å². The Bertz CT molecular complexity index is 1170. The average Bonchev–Trinajstić information content (AvgIpc) is 2.83. The molecule has 0 unspecified atom stereocenters. The number of pyridine rings is 1. The number of anilines is 1. The molecule has 3 aromatic rings. The highest BCUT2D eigenvalue weighted by Crippen LogP contribution is 2.32. The lowest BCUT2D eigenvalue weighted by Gasteiger charge is -2.26. The molecule has 0 saturated carbocycles. The number of carbonyl (C=O) groups excluding carboxylic acids is 3. The van der Waals surface area contributed by atoms with Gasteiger partial charge in [0.2, 0.25) is 5.91 Å². The van der Waals surface area contributed by atoms with Gasteiger partial charge in [0.05, 0.1) is 22.9 Å². The van der Waals surface area contributed by atoms with Crippen LogP contribution < -0.4 is 9.74 Å². The third-order valence-corrected chi connectivity index (χ3v) is 5.68. The molecule has 9 heteroatoms. The van der Waals surface area contributed by atoms with Crippen LogP contribution in [0.3, 0.4) is 0 Å². The van der Waals surface area contributed by atoms with E-state index in [0.717, 1.165) is 4.42 Å². The molecule has 1 fully saturated rings. The number of halogens is 2. The zero-order chi connectivity index (χ0) is 22.7. The van der Waals surface area contributed by atoms with E-state index in [1.807, 2.05) is 12.1 Å². The van der Waals surface area contributed by atoms with Gasteiger partial charge in [-0.15, -0.1) is 0 Å². The third-order valence-electron chi connectivity index (χ3n) is 5.00. The minimum Gasteiger partial charge on any atom is -0.353 e. The number of rotatable bonds is 4. The molecule has 1 saturated heterocycles. The van der Waals surface area contributed by atoms with Gasteiger partial charge in [-0.1, -0.05) is 17.7 Å². The highest BCUT2D eigenvalue weighted by molar-refractivity contribution is 6.39. The summed E-state index contributed by atoms with van der Waals surface area (Å²) >= 11 is 12.6. The third kappa shape index (κ3) is 4.59. The minimum atomic E-state index is -0.461. The average molecular weight is 469 g/mol. The second kappa shape index (κ2) is 9.38. The van der Waals surface area contributed by atoms with Crippen molar-refractivity contribution in [1.29, 1.82) is 0 Å². The Balaban J connectivity index is 1.52. The van der Waals surface area contributed by atoms with E-state index in [9.17, 15) is 14.4 Å². The monoisotopic (exact) mass is 468 g/mol. The highest BCUT2D eigenvalue weighted by atomic mass is 35.5. The van der Waals surface area contributed by atoms with Crippen molar-refractivity contribution >= 4 is 46.8 Å². The van der Waals surface area contributed by atoms with Crippen molar-refractivity contribution in [3.05, 3.63) is 83.0 Å². The second-order valence-corrected chi connectivity index (χ2v) is 7.86. The van der Waals surface area contributed by atoms with E-state index in [1.165, 1.54) is 17.0 Å². The summed E-state index contributed by atoms with van der Waals surface area (Å²) in [5, 5.41) is 3.16. The molecule has 4 rings (SSSR count). The molecule has 32 heavy (non-hydrogen) atoms. The maximum absolute atomic E-state index is 12.9. The van der Waals surface area contributed by atoms with Crippen molar-refractivity contribution in [2.45, 2.75) is 0 Å². The number of nitrogens with zero attached hydrogens (tertiary/aromatic N) is 3. The van der Waals surface area contributed by atoms with Crippen LogP contribution in [0.1, 0.15) is 20.7 Å². The van der Waals surface area contributed by atoms with Crippen molar-refractivity contribution in [1.82, 2.24) is 15.2 Å². The number of nitrogens with one attached hydrogen (secondary N) is 1. The molecular formula is C23H18Cl2N4O3. The van der Waals surface area contributed by atoms with E-state index in [4.69, 9.17) is 23.4 Å². The van der Waals surface area contributed by atoms with Crippen LogP contribution in [-0.4, -0.2) is 47.2 Å². The highest BCUT2D eigenvalue weighted by Gasteiger charge is 2.23. The number of piperazine rings is 1. The fourth-order valence-electron chi connectivity index (χ4n) is 3.33. The van der Waals surface area contributed by atoms with Crippen LogP contribution in [0.15, 0.2) is 66.9 Å². The molecule has 2 aromatic carbocycles. The molecule has 3 amide bonds. The lowest BCUT2D eigenvalue weighted by molar-refractivity contribution is -0.123. The summed E-state index contributed by atoms with van der Waals surface area (Å²) < 4.78 is 0.995. The smallest absolute Gasteiger partial charge is 0.272 e. The van der Waals surface area contributed by atoms with Crippen molar-refractivity contribution in [3.63, 3.8) is 0 Å². The van der Waals surface area contributed by atoms with Gasteiger partial charge in [-0.25, -0.2) is 4.42 Å². The van der Waals surface area contributed by atoms with Crippen molar-refractivity contribution in [3.8, 4) is 11.3 Å². The number of benzene rings is 2. The number of amides is 3. The summed E-state index contributed by atoms with van der Waals surface area (Å²) in [5.41, 5.74) is 2.44. The number of hydrogen-bond acceptors (Lipinski definition) is 4. The molecule has 0 aliphatic carbocycles. The van der Waals surface area contributed by atoms with Gasteiger partial charge < -0.3 is 10.2 Å². The van der Waals surface area contributed by atoms with Gasteiger partial charge in [0.1, 0.15) is 0 Å². The van der Waals surface area contributed by atoms with Gasteiger partial charge >= 0.3 is 0 Å². The van der Waals surface area contributed by atoms with Crippen LogP contribution in [-0.2, 0) is 4.79 Å². The summed E-state index contributed by atoms with van der Waals surface area (Å²) in [6.07, 6.45) is 1.65.